The van der Waals surface area contributed by atoms with Gasteiger partial charge in [-0.3, -0.25) is 0 Å². The number of hydrogen-bond donors (Lipinski definition) is 1. The Morgan fingerprint density at radius 3 is 2.53 bits per heavy atom. The molecule has 1 atom stereocenters. The molecule has 0 aliphatic carbocycles. The van der Waals surface area contributed by atoms with E-state index in [1.54, 1.807) is 0 Å². The molecule has 0 spiro atoms. The summed E-state index contributed by atoms with van der Waals surface area (Å²) in [5.41, 5.74) is 3.69. The van der Waals surface area contributed by atoms with Gasteiger partial charge in [-0.1, -0.05) is 24.6 Å². The number of halogens is 1. The van der Waals surface area contributed by atoms with Crippen LogP contribution in [0.4, 0.5) is 0 Å². The fraction of sp³-hybridized carbons (Fsp3) is 0.375. The SMILES string of the molecule is CCc1ccc(C(NC)c2cc(C)c(Cl)cc2C)s1. The molecule has 1 aromatic heterocycles. The van der Waals surface area contributed by atoms with Gasteiger partial charge in [0.1, 0.15) is 0 Å². The third kappa shape index (κ3) is 3.02. The first-order chi connectivity index (χ1) is 9.06. The molecule has 0 fully saturated rings. The number of benzene rings is 1. The normalized spacial score (nSPS) is 12.7. The van der Waals surface area contributed by atoms with Gasteiger partial charge in [0.25, 0.3) is 0 Å². The molecular formula is C16H20ClNS. The van der Waals surface area contributed by atoms with E-state index in [2.05, 4.69) is 50.4 Å². The average molecular weight is 294 g/mol. The van der Waals surface area contributed by atoms with E-state index in [-0.39, 0.29) is 6.04 Å². The zero-order valence-corrected chi connectivity index (χ0v) is 13.5. The van der Waals surface area contributed by atoms with Gasteiger partial charge in [-0.15, -0.1) is 11.3 Å². The van der Waals surface area contributed by atoms with Crippen LogP contribution in [0.5, 0.6) is 0 Å². The van der Waals surface area contributed by atoms with E-state index in [1.807, 2.05) is 18.4 Å². The lowest BCUT2D eigenvalue weighted by molar-refractivity contribution is 0.699. The minimum atomic E-state index is 0.251. The van der Waals surface area contributed by atoms with Crippen LogP contribution in [0.3, 0.4) is 0 Å². The van der Waals surface area contributed by atoms with E-state index in [0.29, 0.717) is 0 Å². The van der Waals surface area contributed by atoms with Crippen molar-refractivity contribution in [2.75, 3.05) is 7.05 Å². The number of rotatable bonds is 4. The molecule has 0 amide bonds. The van der Waals surface area contributed by atoms with Crippen molar-refractivity contribution in [1.29, 1.82) is 0 Å². The number of hydrogen-bond acceptors (Lipinski definition) is 2. The van der Waals surface area contributed by atoms with Gasteiger partial charge in [0.15, 0.2) is 0 Å². The summed E-state index contributed by atoms with van der Waals surface area (Å²) in [6, 6.07) is 8.97. The van der Waals surface area contributed by atoms with Crippen LogP contribution in [-0.2, 0) is 6.42 Å². The second kappa shape index (κ2) is 6.08. The summed E-state index contributed by atoms with van der Waals surface area (Å²) in [7, 11) is 2.01. The van der Waals surface area contributed by atoms with Gasteiger partial charge >= 0.3 is 0 Å². The average Bonchev–Trinajstić information content (AvgIpc) is 2.85. The smallest absolute Gasteiger partial charge is 0.0671 e. The summed E-state index contributed by atoms with van der Waals surface area (Å²) >= 11 is 8.07. The Hall–Kier alpha value is -0.830. The van der Waals surface area contributed by atoms with Crippen LogP contribution in [0.2, 0.25) is 5.02 Å². The zero-order chi connectivity index (χ0) is 14.0. The predicted molar refractivity (Wildman–Crippen MR) is 85.5 cm³/mol. The highest BCUT2D eigenvalue weighted by atomic mass is 35.5. The van der Waals surface area contributed by atoms with Crippen LogP contribution >= 0.6 is 22.9 Å². The molecule has 2 aromatic rings. The van der Waals surface area contributed by atoms with Crippen molar-refractivity contribution < 1.29 is 0 Å². The molecule has 1 heterocycles. The molecule has 1 unspecified atom stereocenters. The maximum absolute atomic E-state index is 6.19. The minimum absolute atomic E-state index is 0.251. The Morgan fingerprint density at radius 2 is 1.95 bits per heavy atom. The summed E-state index contributed by atoms with van der Waals surface area (Å²) in [5.74, 6) is 0. The molecule has 0 saturated heterocycles. The van der Waals surface area contributed by atoms with E-state index in [0.717, 1.165) is 17.0 Å². The predicted octanol–water partition coefficient (Wildman–Crippen LogP) is 4.89. The molecule has 1 nitrogen and oxygen atoms in total. The van der Waals surface area contributed by atoms with Crippen LogP contribution < -0.4 is 5.32 Å². The third-order valence-electron chi connectivity index (χ3n) is 3.46. The van der Waals surface area contributed by atoms with Gasteiger partial charge in [-0.2, -0.15) is 0 Å². The Kier molecular flexibility index (Phi) is 4.67. The maximum atomic E-state index is 6.19. The molecular weight excluding hydrogens is 274 g/mol. The summed E-state index contributed by atoms with van der Waals surface area (Å²) in [4.78, 5) is 2.79. The van der Waals surface area contributed by atoms with Crippen LogP contribution in [0.15, 0.2) is 24.3 Å². The fourth-order valence-electron chi connectivity index (χ4n) is 2.30. The standard InChI is InChI=1S/C16H20ClNS/c1-5-12-6-7-15(19-12)16(18-4)13-8-11(3)14(17)9-10(13)2/h6-9,16,18H,5H2,1-4H3. The van der Waals surface area contributed by atoms with Gasteiger partial charge in [0.2, 0.25) is 0 Å². The van der Waals surface area contributed by atoms with Gasteiger partial charge in [-0.25, -0.2) is 0 Å². The van der Waals surface area contributed by atoms with E-state index in [9.17, 15) is 0 Å². The van der Waals surface area contributed by atoms with E-state index < -0.39 is 0 Å². The largest absolute Gasteiger partial charge is 0.309 e. The van der Waals surface area contributed by atoms with Gasteiger partial charge in [0.05, 0.1) is 6.04 Å². The summed E-state index contributed by atoms with van der Waals surface area (Å²) in [6.45, 7) is 6.38. The van der Waals surface area contributed by atoms with Crippen LogP contribution in [0.1, 0.15) is 39.4 Å². The highest BCUT2D eigenvalue weighted by molar-refractivity contribution is 7.12. The second-order valence-electron chi connectivity index (χ2n) is 4.84. The quantitative estimate of drug-likeness (QED) is 0.846. The lowest BCUT2D eigenvalue weighted by Crippen LogP contribution is -2.17. The molecule has 0 saturated carbocycles. The van der Waals surface area contributed by atoms with Crippen LogP contribution in [-0.4, -0.2) is 7.05 Å². The molecule has 1 N–H and O–H groups in total. The van der Waals surface area contributed by atoms with E-state index >= 15 is 0 Å². The fourth-order valence-corrected chi connectivity index (χ4v) is 3.61. The number of nitrogens with one attached hydrogen (secondary N) is 1. The summed E-state index contributed by atoms with van der Waals surface area (Å²) in [6.07, 6.45) is 1.10. The zero-order valence-electron chi connectivity index (χ0n) is 11.9. The third-order valence-corrected chi connectivity index (χ3v) is 5.16. The number of aryl methyl sites for hydroxylation is 3. The van der Waals surface area contributed by atoms with Crippen molar-refractivity contribution in [3.63, 3.8) is 0 Å². The van der Waals surface area contributed by atoms with Crippen LogP contribution in [0.25, 0.3) is 0 Å². The Balaban J connectivity index is 2.44. The molecule has 0 radical (unpaired) electrons. The topological polar surface area (TPSA) is 12.0 Å². The van der Waals surface area contributed by atoms with Crippen molar-refractivity contribution in [1.82, 2.24) is 5.32 Å². The van der Waals surface area contributed by atoms with Crippen molar-refractivity contribution in [2.45, 2.75) is 33.2 Å². The second-order valence-corrected chi connectivity index (χ2v) is 6.44. The molecule has 3 heteroatoms. The molecule has 0 aliphatic heterocycles. The van der Waals surface area contributed by atoms with Crippen molar-refractivity contribution in [3.8, 4) is 0 Å². The Labute approximate surface area is 124 Å². The Bertz CT molecular complexity index is 574. The van der Waals surface area contributed by atoms with E-state index in [1.165, 1.54) is 20.9 Å². The van der Waals surface area contributed by atoms with Gasteiger partial charge in [-0.05, 0) is 62.2 Å². The highest BCUT2D eigenvalue weighted by Crippen LogP contribution is 2.32. The van der Waals surface area contributed by atoms with Gasteiger partial charge < -0.3 is 5.32 Å². The Morgan fingerprint density at radius 1 is 1.21 bits per heavy atom. The summed E-state index contributed by atoms with van der Waals surface area (Å²) in [5, 5.41) is 4.27. The molecule has 19 heavy (non-hydrogen) atoms. The molecule has 0 bridgehead atoms. The van der Waals surface area contributed by atoms with Crippen molar-refractivity contribution in [2.24, 2.45) is 0 Å². The van der Waals surface area contributed by atoms with Crippen LogP contribution in [0, 0.1) is 13.8 Å². The minimum Gasteiger partial charge on any atom is -0.309 e. The lowest BCUT2D eigenvalue weighted by atomic mass is 9.98. The van der Waals surface area contributed by atoms with Gasteiger partial charge in [0, 0.05) is 14.8 Å². The maximum Gasteiger partial charge on any atom is 0.0671 e. The van der Waals surface area contributed by atoms with E-state index in [4.69, 9.17) is 11.6 Å². The highest BCUT2D eigenvalue weighted by Gasteiger charge is 2.17. The first-order valence-corrected chi connectivity index (χ1v) is 7.78. The molecule has 102 valence electrons. The van der Waals surface area contributed by atoms with Crippen molar-refractivity contribution in [3.05, 3.63) is 55.7 Å². The molecule has 2 rings (SSSR count). The first-order valence-electron chi connectivity index (χ1n) is 6.59. The summed E-state index contributed by atoms with van der Waals surface area (Å²) < 4.78 is 0. The number of thiophene rings is 1. The van der Waals surface area contributed by atoms with Crippen molar-refractivity contribution >= 4 is 22.9 Å². The monoisotopic (exact) mass is 293 g/mol. The first kappa shape index (κ1) is 14.6. The molecule has 0 aliphatic rings. The molecule has 1 aromatic carbocycles. The lowest BCUT2D eigenvalue weighted by Gasteiger charge is -2.19.